The Morgan fingerprint density at radius 3 is 2.79 bits per heavy atom. The molecule has 0 saturated heterocycles. The third-order valence-corrected chi connectivity index (χ3v) is 4.11. The maximum Gasteiger partial charge on any atom is 0.325 e. The van der Waals surface area contributed by atoms with Crippen molar-refractivity contribution in [3.05, 3.63) is 31.9 Å². The topological polar surface area (TPSA) is 69.2 Å². The molecule has 0 amide bonds. The smallest absolute Gasteiger partial charge is 0.325 e. The highest BCUT2D eigenvalue weighted by atomic mass is 127. The van der Waals surface area contributed by atoms with E-state index in [-0.39, 0.29) is 9.92 Å². The number of hydrogen-bond donors (Lipinski definition) is 1. The zero-order valence-electron chi connectivity index (χ0n) is 6.86. The second-order valence-corrected chi connectivity index (χ2v) is 4.96. The lowest BCUT2D eigenvalue weighted by atomic mass is 10.2. The first kappa shape index (κ1) is 9.66. The summed E-state index contributed by atoms with van der Waals surface area (Å²) >= 11 is 3.31. The highest BCUT2D eigenvalue weighted by Gasteiger charge is 2.13. The van der Waals surface area contributed by atoms with Gasteiger partial charge in [0.15, 0.2) is 0 Å². The number of nitro groups is 1. The highest BCUT2D eigenvalue weighted by Crippen LogP contribution is 2.35. The summed E-state index contributed by atoms with van der Waals surface area (Å²) in [6, 6.07) is 5.11. The molecule has 0 unspecified atom stereocenters. The molecule has 0 bridgehead atoms. The van der Waals surface area contributed by atoms with E-state index in [2.05, 4.69) is 22.6 Å². The first-order valence-corrected chi connectivity index (χ1v) is 5.60. The van der Waals surface area contributed by atoms with Gasteiger partial charge in [-0.1, -0.05) is 11.3 Å². The van der Waals surface area contributed by atoms with E-state index < -0.39 is 0 Å². The molecule has 2 N–H and O–H groups in total. The third kappa shape index (κ3) is 1.55. The van der Waals surface area contributed by atoms with Gasteiger partial charge < -0.3 is 5.73 Å². The minimum Gasteiger partial charge on any atom is -0.399 e. The standard InChI is InChI=1S/C8H5IN2O2S/c9-6-3-5(10)1-4-2-7(11(12)13)14-8(4)6/h1-3H,10H2. The fraction of sp³-hybridized carbons (Fsp3) is 0. The van der Waals surface area contributed by atoms with E-state index in [1.165, 1.54) is 11.3 Å². The molecule has 2 rings (SSSR count). The maximum absolute atomic E-state index is 10.5. The van der Waals surface area contributed by atoms with Crippen LogP contribution >= 0.6 is 33.9 Å². The Hall–Kier alpha value is -0.890. The molecule has 1 aromatic carbocycles. The molecular weight excluding hydrogens is 315 g/mol. The Labute approximate surface area is 97.0 Å². The Morgan fingerprint density at radius 1 is 1.43 bits per heavy atom. The number of benzene rings is 1. The Balaban J connectivity index is 2.76. The molecule has 0 spiro atoms. The van der Waals surface area contributed by atoms with Gasteiger partial charge in [0.05, 0.1) is 9.62 Å². The summed E-state index contributed by atoms with van der Waals surface area (Å²) in [6.07, 6.45) is 0. The van der Waals surface area contributed by atoms with Crippen molar-refractivity contribution in [3.8, 4) is 0 Å². The molecule has 0 aliphatic rings. The molecule has 14 heavy (non-hydrogen) atoms. The average Bonchev–Trinajstić information content (AvgIpc) is 2.47. The lowest BCUT2D eigenvalue weighted by Gasteiger charge is -1.95. The van der Waals surface area contributed by atoms with Gasteiger partial charge in [-0.25, -0.2) is 0 Å². The van der Waals surface area contributed by atoms with Crippen LogP contribution in [0.4, 0.5) is 10.7 Å². The van der Waals surface area contributed by atoms with Gasteiger partial charge in [0.2, 0.25) is 0 Å². The van der Waals surface area contributed by atoms with E-state index in [1.807, 2.05) is 6.07 Å². The molecule has 0 atom stereocenters. The summed E-state index contributed by atoms with van der Waals surface area (Å²) in [7, 11) is 0. The van der Waals surface area contributed by atoms with Crippen LogP contribution < -0.4 is 5.73 Å². The van der Waals surface area contributed by atoms with Crippen molar-refractivity contribution < 1.29 is 4.92 Å². The van der Waals surface area contributed by atoms with Crippen molar-refractivity contribution in [3.63, 3.8) is 0 Å². The van der Waals surface area contributed by atoms with Crippen LogP contribution in [0.1, 0.15) is 0 Å². The van der Waals surface area contributed by atoms with E-state index in [1.54, 1.807) is 12.1 Å². The Morgan fingerprint density at radius 2 is 2.14 bits per heavy atom. The van der Waals surface area contributed by atoms with Crippen LogP contribution in [-0.4, -0.2) is 4.92 Å². The molecule has 4 nitrogen and oxygen atoms in total. The summed E-state index contributed by atoms with van der Waals surface area (Å²) < 4.78 is 1.88. The number of thiophene rings is 1. The molecule has 0 saturated carbocycles. The van der Waals surface area contributed by atoms with E-state index in [0.717, 1.165) is 13.7 Å². The second kappa shape index (κ2) is 3.35. The van der Waals surface area contributed by atoms with Crippen molar-refractivity contribution in [1.82, 2.24) is 0 Å². The molecular formula is C8H5IN2O2S. The Kier molecular flexibility index (Phi) is 2.31. The number of rotatable bonds is 1. The minimum absolute atomic E-state index is 0.156. The predicted molar refractivity (Wildman–Crippen MR) is 65.6 cm³/mol. The van der Waals surface area contributed by atoms with E-state index in [0.29, 0.717) is 5.69 Å². The number of anilines is 1. The van der Waals surface area contributed by atoms with Crippen molar-refractivity contribution in [2.24, 2.45) is 0 Å². The van der Waals surface area contributed by atoms with E-state index in [9.17, 15) is 10.1 Å². The lowest BCUT2D eigenvalue weighted by Crippen LogP contribution is -1.84. The average molecular weight is 320 g/mol. The summed E-state index contributed by atoms with van der Waals surface area (Å²) in [4.78, 5) is 10.2. The van der Waals surface area contributed by atoms with Gasteiger partial charge in [-0.2, -0.15) is 0 Å². The monoisotopic (exact) mass is 320 g/mol. The van der Waals surface area contributed by atoms with Gasteiger partial charge in [0, 0.05) is 20.7 Å². The molecule has 0 aliphatic heterocycles. The summed E-state index contributed by atoms with van der Waals surface area (Å²) in [6.45, 7) is 0. The fourth-order valence-corrected chi connectivity index (χ4v) is 3.07. The number of halogens is 1. The van der Waals surface area contributed by atoms with Gasteiger partial charge in [-0.3, -0.25) is 10.1 Å². The highest BCUT2D eigenvalue weighted by molar-refractivity contribution is 14.1. The van der Waals surface area contributed by atoms with Crippen LogP contribution in [0.2, 0.25) is 0 Å². The minimum atomic E-state index is -0.378. The molecule has 1 heterocycles. The first-order valence-electron chi connectivity index (χ1n) is 3.71. The maximum atomic E-state index is 10.5. The van der Waals surface area contributed by atoms with Crippen LogP contribution in [0, 0.1) is 13.7 Å². The van der Waals surface area contributed by atoms with Crippen molar-refractivity contribution in [2.45, 2.75) is 0 Å². The zero-order valence-corrected chi connectivity index (χ0v) is 9.83. The van der Waals surface area contributed by atoms with Gasteiger partial charge in [-0.15, -0.1) is 0 Å². The van der Waals surface area contributed by atoms with Crippen LogP contribution in [0.25, 0.3) is 10.1 Å². The number of nitrogens with two attached hydrogens (primary N) is 1. The second-order valence-electron chi connectivity index (χ2n) is 2.76. The van der Waals surface area contributed by atoms with Crippen molar-refractivity contribution in [2.75, 3.05) is 5.73 Å². The third-order valence-electron chi connectivity index (χ3n) is 1.76. The molecule has 2 aromatic rings. The fourth-order valence-electron chi connectivity index (χ4n) is 1.21. The van der Waals surface area contributed by atoms with Crippen LogP contribution in [0.15, 0.2) is 18.2 Å². The zero-order chi connectivity index (χ0) is 10.3. The van der Waals surface area contributed by atoms with Gasteiger partial charge >= 0.3 is 5.00 Å². The van der Waals surface area contributed by atoms with Crippen molar-refractivity contribution in [1.29, 1.82) is 0 Å². The summed E-state index contributed by atoms with van der Waals surface area (Å²) in [5.41, 5.74) is 6.27. The molecule has 0 aliphatic carbocycles. The molecule has 0 radical (unpaired) electrons. The normalized spacial score (nSPS) is 10.6. The lowest BCUT2D eigenvalue weighted by molar-refractivity contribution is -0.380. The van der Waals surface area contributed by atoms with Crippen LogP contribution in [-0.2, 0) is 0 Å². The number of fused-ring (bicyclic) bond motifs is 1. The Bertz CT molecular complexity index is 523. The van der Waals surface area contributed by atoms with E-state index >= 15 is 0 Å². The van der Waals surface area contributed by atoms with Crippen LogP contribution in [0.3, 0.4) is 0 Å². The molecule has 72 valence electrons. The molecule has 0 fully saturated rings. The molecule has 6 heteroatoms. The van der Waals surface area contributed by atoms with Crippen LogP contribution in [0.5, 0.6) is 0 Å². The summed E-state index contributed by atoms with van der Waals surface area (Å²) in [5.74, 6) is 0. The predicted octanol–water partition coefficient (Wildman–Crippen LogP) is 3.00. The number of hydrogen-bond acceptors (Lipinski definition) is 4. The van der Waals surface area contributed by atoms with Crippen molar-refractivity contribution >= 4 is 54.7 Å². The number of nitrogens with zero attached hydrogens (tertiary/aromatic N) is 1. The van der Waals surface area contributed by atoms with Gasteiger partial charge in [0.1, 0.15) is 0 Å². The quantitative estimate of drug-likeness (QED) is 0.380. The number of nitrogen functional groups attached to an aromatic ring is 1. The van der Waals surface area contributed by atoms with E-state index in [4.69, 9.17) is 5.73 Å². The van der Waals surface area contributed by atoms with Gasteiger partial charge in [0.25, 0.3) is 0 Å². The summed E-state index contributed by atoms with van der Waals surface area (Å²) in [5, 5.41) is 11.5. The largest absolute Gasteiger partial charge is 0.399 e. The molecule has 1 aromatic heterocycles. The first-order chi connectivity index (χ1) is 6.58. The van der Waals surface area contributed by atoms with Gasteiger partial charge in [-0.05, 0) is 34.7 Å². The SMILES string of the molecule is Nc1cc(I)c2sc([N+](=O)[O-])cc2c1.